The van der Waals surface area contributed by atoms with Crippen LogP contribution in [0.2, 0.25) is 0 Å². The van der Waals surface area contributed by atoms with Crippen LogP contribution < -0.4 is 14.8 Å². The van der Waals surface area contributed by atoms with Crippen LogP contribution in [0.3, 0.4) is 0 Å². The van der Waals surface area contributed by atoms with Gasteiger partial charge in [-0.25, -0.2) is 0 Å². The van der Waals surface area contributed by atoms with E-state index >= 15 is 0 Å². The summed E-state index contributed by atoms with van der Waals surface area (Å²) >= 11 is 0. The van der Waals surface area contributed by atoms with Crippen LogP contribution >= 0.6 is 0 Å². The first kappa shape index (κ1) is 23.4. The number of methoxy groups -OCH3 is 1. The molecular weight excluding hydrogens is 428 g/mol. The summed E-state index contributed by atoms with van der Waals surface area (Å²) in [6.07, 6.45) is 2.02. The maximum atomic E-state index is 13.2. The smallest absolute Gasteiger partial charge is 0.255 e. The van der Waals surface area contributed by atoms with Crippen molar-refractivity contribution in [2.45, 2.75) is 12.8 Å². The second kappa shape index (κ2) is 11.4. The SMILES string of the molecule is CCOCCOc1ccccc1C(=O)NCC(c1ccc(OC)cc1)c1c[nH]c2ccccc12. The van der Waals surface area contributed by atoms with E-state index in [1.54, 1.807) is 13.2 Å². The van der Waals surface area contributed by atoms with E-state index < -0.39 is 0 Å². The fourth-order valence-corrected chi connectivity index (χ4v) is 4.05. The standard InChI is InChI=1S/C28H30N2O4/c1-3-33-16-17-34-27-11-7-5-9-23(27)28(31)30-18-24(20-12-14-21(32-2)15-13-20)25-19-29-26-10-6-4-8-22(25)26/h4-15,19,24,29H,3,16-18H2,1-2H3,(H,30,31). The van der Waals surface area contributed by atoms with Crippen molar-refractivity contribution in [2.75, 3.05) is 33.5 Å². The largest absolute Gasteiger partial charge is 0.497 e. The lowest BCUT2D eigenvalue weighted by molar-refractivity contribution is 0.0935. The molecule has 176 valence electrons. The predicted octanol–water partition coefficient (Wildman–Crippen LogP) is 5.15. The molecule has 34 heavy (non-hydrogen) atoms. The first-order valence-corrected chi connectivity index (χ1v) is 11.5. The van der Waals surface area contributed by atoms with Crippen molar-refractivity contribution >= 4 is 16.8 Å². The Balaban J connectivity index is 1.56. The van der Waals surface area contributed by atoms with Gasteiger partial charge < -0.3 is 24.5 Å². The molecule has 1 aromatic heterocycles. The molecule has 3 aromatic carbocycles. The molecule has 6 heteroatoms. The fraction of sp³-hybridized carbons (Fsp3) is 0.250. The number of fused-ring (bicyclic) bond motifs is 1. The first-order chi connectivity index (χ1) is 16.7. The Morgan fingerprint density at radius 3 is 2.53 bits per heavy atom. The van der Waals surface area contributed by atoms with E-state index in [1.165, 1.54) is 0 Å². The molecule has 0 bridgehead atoms. The summed E-state index contributed by atoms with van der Waals surface area (Å²) in [5, 5.41) is 4.26. The van der Waals surface area contributed by atoms with Gasteiger partial charge in [-0.05, 0) is 48.4 Å². The molecule has 6 nitrogen and oxygen atoms in total. The van der Waals surface area contributed by atoms with Crippen LogP contribution in [0.15, 0.2) is 79.0 Å². The van der Waals surface area contributed by atoms with E-state index in [2.05, 4.69) is 22.4 Å². The molecule has 0 fully saturated rings. The molecule has 2 N–H and O–H groups in total. The van der Waals surface area contributed by atoms with Gasteiger partial charge in [-0.1, -0.05) is 42.5 Å². The third kappa shape index (κ3) is 5.41. The molecule has 0 saturated heterocycles. The molecule has 1 heterocycles. The van der Waals surface area contributed by atoms with E-state index in [0.29, 0.717) is 37.7 Å². The summed E-state index contributed by atoms with van der Waals surface area (Å²) in [4.78, 5) is 16.5. The van der Waals surface area contributed by atoms with Gasteiger partial charge in [0, 0.05) is 36.2 Å². The number of amides is 1. The van der Waals surface area contributed by atoms with Crippen LogP contribution in [0.4, 0.5) is 0 Å². The van der Waals surface area contributed by atoms with E-state index in [1.807, 2.05) is 67.7 Å². The fourth-order valence-electron chi connectivity index (χ4n) is 4.05. The third-order valence-corrected chi connectivity index (χ3v) is 5.80. The topological polar surface area (TPSA) is 72.6 Å². The molecule has 1 amide bonds. The van der Waals surface area contributed by atoms with Crippen molar-refractivity contribution in [3.05, 3.63) is 95.7 Å². The minimum atomic E-state index is -0.176. The summed E-state index contributed by atoms with van der Waals surface area (Å²) in [5.74, 6) is 1.12. The lowest BCUT2D eigenvalue weighted by atomic mass is 9.90. The molecule has 1 atom stereocenters. The molecule has 4 rings (SSSR count). The zero-order valence-electron chi connectivity index (χ0n) is 19.5. The average molecular weight is 459 g/mol. The van der Waals surface area contributed by atoms with Gasteiger partial charge in [0.15, 0.2) is 0 Å². The van der Waals surface area contributed by atoms with E-state index in [0.717, 1.165) is 27.8 Å². The van der Waals surface area contributed by atoms with Crippen LogP contribution in [0.5, 0.6) is 11.5 Å². The van der Waals surface area contributed by atoms with Crippen LogP contribution in [-0.2, 0) is 4.74 Å². The van der Waals surface area contributed by atoms with Gasteiger partial charge in [-0.3, -0.25) is 4.79 Å². The first-order valence-electron chi connectivity index (χ1n) is 11.5. The number of carbonyl (C=O) groups is 1. The predicted molar refractivity (Wildman–Crippen MR) is 134 cm³/mol. The molecule has 0 aliphatic rings. The monoisotopic (exact) mass is 458 g/mol. The van der Waals surface area contributed by atoms with Crippen molar-refractivity contribution in [3.8, 4) is 11.5 Å². The number of para-hydroxylation sites is 2. The molecule has 0 spiro atoms. The molecule has 0 aliphatic heterocycles. The maximum Gasteiger partial charge on any atom is 0.255 e. The maximum absolute atomic E-state index is 13.2. The molecular formula is C28H30N2O4. The highest BCUT2D eigenvalue weighted by Crippen LogP contribution is 2.31. The second-order valence-electron chi connectivity index (χ2n) is 7.87. The van der Waals surface area contributed by atoms with Crippen molar-refractivity contribution < 1.29 is 19.0 Å². The highest BCUT2D eigenvalue weighted by atomic mass is 16.5. The molecule has 0 saturated carbocycles. The normalized spacial score (nSPS) is 11.8. The number of aromatic amines is 1. The zero-order chi connectivity index (χ0) is 23.8. The van der Waals surface area contributed by atoms with Crippen molar-refractivity contribution in [2.24, 2.45) is 0 Å². The Morgan fingerprint density at radius 1 is 0.971 bits per heavy atom. The number of rotatable bonds is 11. The van der Waals surface area contributed by atoms with Gasteiger partial charge in [0.05, 0.1) is 19.3 Å². The van der Waals surface area contributed by atoms with Gasteiger partial charge >= 0.3 is 0 Å². The second-order valence-corrected chi connectivity index (χ2v) is 7.87. The van der Waals surface area contributed by atoms with Crippen molar-refractivity contribution in [3.63, 3.8) is 0 Å². The number of carbonyl (C=O) groups excluding carboxylic acids is 1. The van der Waals surface area contributed by atoms with Crippen LogP contribution in [0.25, 0.3) is 10.9 Å². The minimum Gasteiger partial charge on any atom is -0.497 e. The molecule has 4 aromatic rings. The number of aromatic nitrogens is 1. The molecule has 0 aliphatic carbocycles. The Hall–Kier alpha value is -3.77. The summed E-state index contributed by atoms with van der Waals surface area (Å²) < 4.78 is 16.5. The zero-order valence-corrected chi connectivity index (χ0v) is 19.5. The summed E-state index contributed by atoms with van der Waals surface area (Å²) in [6.45, 7) is 3.87. The number of H-pyrrole nitrogens is 1. The van der Waals surface area contributed by atoms with Crippen molar-refractivity contribution in [1.82, 2.24) is 10.3 Å². The number of hydrogen-bond acceptors (Lipinski definition) is 4. The van der Waals surface area contributed by atoms with Gasteiger partial charge in [0.2, 0.25) is 0 Å². The van der Waals surface area contributed by atoms with Crippen LogP contribution in [-0.4, -0.2) is 44.4 Å². The van der Waals surface area contributed by atoms with Gasteiger partial charge in [-0.2, -0.15) is 0 Å². The van der Waals surface area contributed by atoms with E-state index in [-0.39, 0.29) is 11.8 Å². The van der Waals surface area contributed by atoms with Crippen LogP contribution in [0, 0.1) is 0 Å². The highest BCUT2D eigenvalue weighted by Gasteiger charge is 2.21. The highest BCUT2D eigenvalue weighted by molar-refractivity contribution is 5.97. The summed E-state index contributed by atoms with van der Waals surface area (Å²) in [5.41, 5.74) is 3.79. The third-order valence-electron chi connectivity index (χ3n) is 5.80. The number of benzene rings is 3. The minimum absolute atomic E-state index is 0.0444. The molecule has 0 radical (unpaired) electrons. The Morgan fingerprint density at radius 2 is 1.74 bits per heavy atom. The van der Waals surface area contributed by atoms with E-state index in [9.17, 15) is 4.79 Å². The number of hydrogen-bond donors (Lipinski definition) is 2. The summed E-state index contributed by atoms with van der Waals surface area (Å²) in [6, 6.07) is 23.4. The summed E-state index contributed by atoms with van der Waals surface area (Å²) in [7, 11) is 1.65. The number of ether oxygens (including phenoxy) is 3. The lowest BCUT2D eigenvalue weighted by Gasteiger charge is -2.19. The van der Waals surface area contributed by atoms with Gasteiger partial charge in [-0.15, -0.1) is 0 Å². The van der Waals surface area contributed by atoms with Gasteiger partial charge in [0.25, 0.3) is 5.91 Å². The van der Waals surface area contributed by atoms with Crippen LogP contribution in [0.1, 0.15) is 34.3 Å². The van der Waals surface area contributed by atoms with E-state index in [4.69, 9.17) is 14.2 Å². The van der Waals surface area contributed by atoms with Crippen molar-refractivity contribution in [1.29, 1.82) is 0 Å². The van der Waals surface area contributed by atoms with Gasteiger partial charge in [0.1, 0.15) is 18.1 Å². The average Bonchev–Trinajstić information content (AvgIpc) is 3.31. The number of nitrogens with one attached hydrogen (secondary N) is 2. The lowest BCUT2D eigenvalue weighted by Crippen LogP contribution is -2.29. The Kier molecular flexibility index (Phi) is 7.83. The Bertz CT molecular complexity index is 1220. The molecule has 1 unspecified atom stereocenters. The Labute approximate surface area is 199 Å². The quantitative estimate of drug-likeness (QED) is 0.305.